The number of nitrogens with zero attached hydrogens (tertiary/aromatic N) is 6. The number of carbonyl (C=O) groups is 2. The van der Waals surface area contributed by atoms with Gasteiger partial charge in [-0.2, -0.15) is 4.98 Å². The average Bonchev–Trinajstić information content (AvgIpc) is 3.51. The van der Waals surface area contributed by atoms with Gasteiger partial charge in [0.05, 0.1) is 6.10 Å². The molecule has 0 radical (unpaired) electrons. The van der Waals surface area contributed by atoms with Gasteiger partial charge in [-0.25, -0.2) is 9.50 Å². The summed E-state index contributed by atoms with van der Waals surface area (Å²) in [5, 5.41) is 21.0. The monoisotopic (exact) mass is 596 g/mol. The van der Waals surface area contributed by atoms with Gasteiger partial charge in [0.2, 0.25) is 5.95 Å². The Morgan fingerprint density at radius 1 is 0.932 bits per heavy atom. The number of benzene rings is 2. The van der Waals surface area contributed by atoms with E-state index in [1.807, 2.05) is 36.4 Å². The number of fused-ring (bicyclic) bond motifs is 1. The minimum absolute atomic E-state index is 0.0305. The Morgan fingerprint density at radius 2 is 1.64 bits per heavy atom. The highest BCUT2D eigenvalue weighted by atomic mass is 16.3. The number of likely N-dealkylation sites (tertiary alicyclic amines) is 1. The van der Waals surface area contributed by atoms with Crippen molar-refractivity contribution in [2.75, 3.05) is 36.4 Å². The molecule has 2 aliphatic heterocycles. The molecule has 2 fully saturated rings. The van der Waals surface area contributed by atoms with E-state index in [9.17, 15) is 14.7 Å². The van der Waals surface area contributed by atoms with Crippen LogP contribution >= 0.6 is 0 Å². The zero-order valence-corrected chi connectivity index (χ0v) is 25.5. The molecule has 11 nitrogen and oxygen atoms in total. The predicted molar refractivity (Wildman–Crippen MR) is 169 cm³/mol. The molecule has 44 heavy (non-hydrogen) atoms. The third kappa shape index (κ3) is 6.52. The van der Waals surface area contributed by atoms with Gasteiger partial charge in [-0.15, -0.1) is 5.10 Å². The van der Waals surface area contributed by atoms with Crippen molar-refractivity contribution >= 4 is 34.9 Å². The number of hydrogen-bond donors (Lipinski definition) is 3. The lowest BCUT2D eigenvalue weighted by atomic mass is 9.86. The largest absolute Gasteiger partial charge is 0.393 e. The van der Waals surface area contributed by atoms with E-state index in [0.717, 1.165) is 25.1 Å². The van der Waals surface area contributed by atoms with E-state index < -0.39 is 0 Å². The normalized spacial score (nSPS) is 18.0. The summed E-state index contributed by atoms with van der Waals surface area (Å²) >= 11 is 0. The van der Waals surface area contributed by atoms with Crippen molar-refractivity contribution < 1.29 is 14.7 Å². The van der Waals surface area contributed by atoms with E-state index in [-0.39, 0.29) is 29.4 Å². The number of nitrogens with one attached hydrogen (secondary N) is 2. The highest BCUT2D eigenvalue weighted by molar-refractivity contribution is 5.95. The maximum atomic E-state index is 13.1. The van der Waals surface area contributed by atoms with Crippen LogP contribution in [-0.2, 0) is 5.41 Å². The van der Waals surface area contributed by atoms with Crippen molar-refractivity contribution in [2.24, 2.45) is 0 Å². The summed E-state index contributed by atoms with van der Waals surface area (Å²) in [6.07, 6.45) is 6.13. The molecule has 2 aliphatic rings. The molecular formula is C33H40N8O3. The molecule has 0 unspecified atom stereocenters. The van der Waals surface area contributed by atoms with E-state index >= 15 is 0 Å². The molecule has 6 rings (SSSR count). The number of rotatable bonds is 6. The lowest BCUT2D eigenvalue weighted by Gasteiger charge is -2.33. The smallest absolute Gasteiger partial charge is 0.253 e. The predicted octanol–water partition coefficient (Wildman–Crippen LogP) is 4.16. The first-order valence-electron chi connectivity index (χ1n) is 15.4. The van der Waals surface area contributed by atoms with Gasteiger partial charge in [-0.1, -0.05) is 32.9 Å². The third-order valence-electron chi connectivity index (χ3n) is 8.44. The molecule has 0 spiro atoms. The average molecular weight is 597 g/mol. The van der Waals surface area contributed by atoms with Crippen LogP contribution in [0.3, 0.4) is 0 Å². The number of hydrogen-bond acceptors (Lipinski definition) is 8. The minimum atomic E-state index is -0.325. The zero-order chi connectivity index (χ0) is 30.8. The van der Waals surface area contributed by atoms with E-state index in [1.165, 1.54) is 5.56 Å². The molecule has 2 aromatic carbocycles. The Morgan fingerprint density at radius 3 is 2.34 bits per heavy atom. The van der Waals surface area contributed by atoms with Gasteiger partial charge in [0.15, 0.2) is 11.5 Å². The van der Waals surface area contributed by atoms with Crippen molar-refractivity contribution in [3.63, 3.8) is 0 Å². The molecular weight excluding hydrogens is 556 g/mol. The Labute approximate surface area is 257 Å². The van der Waals surface area contributed by atoms with Crippen LogP contribution in [0, 0.1) is 0 Å². The van der Waals surface area contributed by atoms with Crippen LogP contribution in [0.2, 0.25) is 0 Å². The van der Waals surface area contributed by atoms with Gasteiger partial charge in [0.1, 0.15) is 0 Å². The lowest BCUT2D eigenvalue weighted by molar-refractivity contribution is 0.0546. The molecule has 0 saturated carbocycles. The summed E-state index contributed by atoms with van der Waals surface area (Å²) in [6, 6.07) is 15.1. The fourth-order valence-electron chi connectivity index (χ4n) is 5.79. The maximum Gasteiger partial charge on any atom is 0.253 e. The summed E-state index contributed by atoms with van der Waals surface area (Å²) < 4.78 is 1.70. The number of aliphatic hydroxyl groups is 1. The molecule has 3 N–H and O–H groups in total. The highest BCUT2D eigenvalue weighted by Gasteiger charge is 2.26. The second-order valence-electron chi connectivity index (χ2n) is 12.8. The minimum Gasteiger partial charge on any atom is -0.393 e. The summed E-state index contributed by atoms with van der Waals surface area (Å²) in [5.74, 6) is 0.988. The number of anilines is 3. The van der Waals surface area contributed by atoms with Crippen LogP contribution in [0.1, 0.15) is 72.7 Å². The first-order valence-corrected chi connectivity index (χ1v) is 15.4. The van der Waals surface area contributed by atoms with Gasteiger partial charge in [0, 0.05) is 61.4 Å². The number of aromatic nitrogens is 4. The van der Waals surface area contributed by atoms with Gasteiger partial charge in [-0.05, 0) is 73.1 Å². The van der Waals surface area contributed by atoms with Crippen molar-refractivity contribution in [2.45, 2.75) is 64.0 Å². The van der Waals surface area contributed by atoms with Crippen LogP contribution < -0.4 is 15.5 Å². The first-order chi connectivity index (χ1) is 21.1. The van der Waals surface area contributed by atoms with Gasteiger partial charge < -0.3 is 25.5 Å². The van der Waals surface area contributed by atoms with Crippen LogP contribution in [0.15, 0.2) is 60.9 Å². The van der Waals surface area contributed by atoms with Gasteiger partial charge >= 0.3 is 0 Å². The van der Waals surface area contributed by atoms with Crippen molar-refractivity contribution in [3.8, 4) is 0 Å². The fourth-order valence-corrected chi connectivity index (χ4v) is 5.79. The van der Waals surface area contributed by atoms with Gasteiger partial charge in [0.25, 0.3) is 11.8 Å². The third-order valence-corrected chi connectivity index (χ3v) is 8.44. The second-order valence-corrected chi connectivity index (χ2v) is 12.8. The van der Waals surface area contributed by atoms with Crippen molar-refractivity contribution in [1.82, 2.24) is 29.8 Å². The highest BCUT2D eigenvalue weighted by Crippen LogP contribution is 2.25. The summed E-state index contributed by atoms with van der Waals surface area (Å²) in [5.41, 5.74) is 3.84. The lowest BCUT2D eigenvalue weighted by Crippen LogP contribution is -2.48. The molecule has 11 heteroatoms. The van der Waals surface area contributed by atoms with Crippen LogP contribution in [0.5, 0.6) is 0 Å². The Hall–Kier alpha value is -4.51. The van der Waals surface area contributed by atoms with Gasteiger partial charge in [-0.3, -0.25) is 9.59 Å². The molecule has 2 amide bonds. The number of carbonyl (C=O) groups excluding carboxylic acids is 2. The van der Waals surface area contributed by atoms with E-state index in [2.05, 4.69) is 41.3 Å². The molecule has 2 saturated heterocycles. The Balaban J connectivity index is 1.14. The molecule has 4 aromatic rings. The van der Waals surface area contributed by atoms with Crippen molar-refractivity contribution in [3.05, 3.63) is 77.6 Å². The number of amides is 2. The number of imidazole rings is 1. The molecule has 0 aliphatic carbocycles. The molecule has 4 heterocycles. The molecule has 1 atom stereocenters. The second kappa shape index (κ2) is 12.2. The molecule has 2 aromatic heterocycles. The fraction of sp³-hybridized carbons (Fsp3) is 0.424. The zero-order valence-electron chi connectivity index (χ0n) is 25.5. The molecule has 230 valence electrons. The number of aliphatic hydroxyl groups excluding tert-OH is 1. The van der Waals surface area contributed by atoms with E-state index in [1.54, 1.807) is 33.9 Å². The number of piperidine rings is 2. The topological polar surface area (TPSA) is 128 Å². The van der Waals surface area contributed by atoms with Crippen LogP contribution in [0.4, 0.5) is 17.5 Å². The summed E-state index contributed by atoms with van der Waals surface area (Å²) in [7, 11) is 0. The standard InChI is InChI=1S/C33H40N8O3/c1-33(2,3)24-10-6-22(7-11-24)30(43)36-26-5-4-17-40(21-26)32-37-28(29-34-16-20-41(29)38-32)35-25-12-8-23(9-13-25)31(44)39-18-14-27(42)15-19-39/h6-13,16,20,26-27,42H,4-5,14-15,17-19,21H2,1-3H3,(H,36,43)(H,35,37,38)/t26-/m1/s1. The Kier molecular flexibility index (Phi) is 8.22. The van der Waals surface area contributed by atoms with Crippen LogP contribution in [0.25, 0.3) is 5.65 Å². The molecule has 0 bridgehead atoms. The van der Waals surface area contributed by atoms with E-state index in [0.29, 0.717) is 61.0 Å². The summed E-state index contributed by atoms with van der Waals surface area (Å²) in [6.45, 7) is 8.97. The van der Waals surface area contributed by atoms with Crippen molar-refractivity contribution in [1.29, 1.82) is 0 Å². The quantitative estimate of drug-likeness (QED) is 0.303. The summed E-state index contributed by atoms with van der Waals surface area (Å²) in [4.78, 5) is 39.2. The maximum absolute atomic E-state index is 13.1. The van der Waals surface area contributed by atoms with Crippen LogP contribution in [-0.4, -0.2) is 79.7 Å². The first kappa shape index (κ1) is 29.6. The Bertz CT molecular complexity index is 1620. The SMILES string of the molecule is CC(C)(C)c1ccc(C(=O)N[C@@H]2CCCN(c3nc(Nc4ccc(C(=O)N5CCC(O)CC5)cc4)c4nccn4n3)C2)cc1. The van der Waals surface area contributed by atoms with E-state index in [4.69, 9.17) is 10.1 Å².